The quantitative estimate of drug-likeness (QED) is 0.701. The van der Waals surface area contributed by atoms with Crippen molar-refractivity contribution in [1.29, 1.82) is 5.26 Å². The van der Waals surface area contributed by atoms with E-state index in [9.17, 15) is 14.4 Å². The van der Waals surface area contributed by atoms with E-state index < -0.39 is 5.92 Å². The summed E-state index contributed by atoms with van der Waals surface area (Å²) in [7, 11) is 3.70. The van der Waals surface area contributed by atoms with Crippen LogP contribution in [0.3, 0.4) is 0 Å². The average molecular weight is 461 g/mol. The molecule has 1 heterocycles. The Balaban J connectivity index is 1.70. The lowest BCUT2D eigenvalue weighted by Gasteiger charge is -2.45. The zero-order valence-corrected chi connectivity index (χ0v) is 19.9. The predicted molar refractivity (Wildman–Crippen MR) is 127 cm³/mol. The van der Waals surface area contributed by atoms with Crippen LogP contribution in [0.15, 0.2) is 71.2 Å². The molecule has 1 atom stereocenters. The van der Waals surface area contributed by atoms with Gasteiger partial charge in [0.25, 0.3) is 0 Å². The highest BCUT2D eigenvalue weighted by Crippen LogP contribution is 2.49. The molecule has 176 valence electrons. The number of ketones is 1. The lowest BCUT2D eigenvalue weighted by atomic mass is 9.69. The third kappa shape index (κ3) is 4.29. The van der Waals surface area contributed by atoms with Gasteiger partial charge < -0.3 is 10.5 Å². The SMILES string of the molecule is CN(C)N1C(N)=C(C#N)C(c2ccc(OCc3ccccc3F)cc2)C2=C1CC(C)(C)CC2=O. The number of nitriles is 1. The summed E-state index contributed by atoms with van der Waals surface area (Å²) >= 11 is 0. The summed E-state index contributed by atoms with van der Waals surface area (Å²) in [6, 6.07) is 16.0. The Labute approximate surface area is 199 Å². The number of carbonyl (C=O) groups is 1. The van der Waals surface area contributed by atoms with E-state index in [1.807, 2.05) is 31.2 Å². The molecule has 0 radical (unpaired) electrons. The first-order valence-corrected chi connectivity index (χ1v) is 11.2. The summed E-state index contributed by atoms with van der Waals surface area (Å²) in [5.74, 6) is 0.0769. The van der Waals surface area contributed by atoms with Crippen LogP contribution in [0.2, 0.25) is 0 Å². The number of halogens is 1. The Kier molecular flexibility index (Phi) is 6.20. The van der Waals surface area contributed by atoms with E-state index in [2.05, 4.69) is 19.9 Å². The van der Waals surface area contributed by atoms with E-state index in [0.717, 1.165) is 11.3 Å². The highest BCUT2D eigenvalue weighted by Gasteiger charge is 2.44. The third-order valence-corrected chi connectivity index (χ3v) is 6.32. The van der Waals surface area contributed by atoms with E-state index in [1.165, 1.54) is 6.07 Å². The van der Waals surface area contributed by atoms with E-state index in [-0.39, 0.29) is 23.6 Å². The van der Waals surface area contributed by atoms with Crippen LogP contribution in [0.4, 0.5) is 4.39 Å². The number of hydrazine groups is 1. The van der Waals surface area contributed by atoms with Crippen LogP contribution in [0.25, 0.3) is 0 Å². The summed E-state index contributed by atoms with van der Waals surface area (Å²) in [6.07, 6.45) is 1.08. The summed E-state index contributed by atoms with van der Waals surface area (Å²) in [5, 5.41) is 13.6. The fourth-order valence-corrected chi connectivity index (χ4v) is 4.82. The molecule has 0 amide bonds. The first-order chi connectivity index (χ1) is 16.1. The zero-order chi connectivity index (χ0) is 24.6. The van der Waals surface area contributed by atoms with Crippen molar-refractivity contribution in [2.24, 2.45) is 11.1 Å². The Bertz CT molecular complexity index is 1220. The highest BCUT2D eigenvalue weighted by molar-refractivity contribution is 6.00. The molecule has 2 N–H and O–H groups in total. The molecule has 2 aromatic carbocycles. The molecule has 0 saturated heterocycles. The average Bonchev–Trinajstić information content (AvgIpc) is 2.77. The molecule has 6 nitrogen and oxygen atoms in total. The van der Waals surface area contributed by atoms with E-state index in [4.69, 9.17) is 10.5 Å². The number of Topliss-reactive ketones (excluding diaryl/α,β-unsaturated/α-hetero) is 1. The third-order valence-electron chi connectivity index (χ3n) is 6.32. The minimum atomic E-state index is -0.541. The van der Waals surface area contributed by atoms with Crippen LogP contribution in [-0.4, -0.2) is 29.9 Å². The molecule has 1 aliphatic carbocycles. The van der Waals surface area contributed by atoms with Gasteiger partial charge in [-0.1, -0.05) is 44.2 Å². The van der Waals surface area contributed by atoms with Crippen molar-refractivity contribution in [2.75, 3.05) is 14.1 Å². The minimum Gasteiger partial charge on any atom is -0.489 e. The molecule has 0 fully saturated rings. The molecule has 1 aliphatic heterocycles. The maximum atomic E-state index is 13.9. The van der Waals surface area contributed by atoms with Gasteiger partial charge in [0.05, 0.1) is 17.6 Å². The molecular formula is C27H29FN4O2. The Hall–Kier alpha value is -3.63. The number of hydrogen-bond acceptors (Lipinski definition) is 6. The minimum absolute atomic E-state index is 0.0308. The predicted octanol–water partition coefficient (Wildman–Crippen LogP) is 4.62. The van der Waals surface area contributed by atoms with Crippen LogP contribution in [-0.2, 0) is 11.4 Å². The van der Waals surface area contributed by atoms with Crippen molar-refractivity contribution in [3.8, 4) is 11.8 Å². The Morgan fingerprint density at radius 1 is 1.18 bits per heavy atom. The molecule has 2 aromatic rings. The van der Waals surface area contributed by atoms with Crippen LogP contribution in [0.1, 0.15) is 43.7 Å². The summed E-state index contributed by atoms with van der Waals surface area (Å²) in [6.45, 7) is 4.24. The van der Waals surface area contributed by atoms with Gasteiger partial charge in [0, 0.05) is 37.3 Å². The topological polar surface area (TPSA) is 82.6 Å². The fraction of sp³-hybridized carbons (Fsp3) is 0.333. The largest absolute Gasteiger partial charge is 0.489 e. The molecule has 0 saturated carbocycles. The molecule has 0 aromatic heterocycles. The van der Waals surface area contributed by atoms with Crippen molar-refractivity contribution in [1.82, 2.24) is 10.0 Å². The molecule has 4 rings (SSSR count). The normalized spacial score (nSPS) is 19.9. The van der Waals surface area contributed by atoms with Gasteiger partial charge in [-0.25, -0.2) is 9.40 Å². The van der Waals surface area contributed by atoms with Crippen LogP contribution in [0.5, 0.6) is 5.75 Å². The number of ether oxygens (including phenoxy) is 1. The molecule has 0 bridgehead atoms. The summed E-state index contributed by atoms with van der Waals surface area (Å²) in [4.78, 5) is 13.4. The molecule has 7 heteroatoms. The van der Waals surface area contributed by atoms with Gasteiger partial charge in [-0.2, -0.15) is 5.26 Å². The van der Waals surface area contributed by atoms with Gasteiger partial charge in [0.2, 0.25) is 0 Å². The maximum Gasteiger partial charge on any atom is 0.162 e. The van der Waals surface area contributed by atoms with Gasteiger partial charge in [-0.3, -0.25) is 9.80 Å². The lowest BCUT2D eigenvalue weighted by Crippen LogP contribution is -2.47. The fourth-order valence-electron chi connectivity index (χ4n) is 4.82. The van der Waals surface area contributed by atoms with Gasteiger partial charge in [-0.15, -0.1) is 0 Å². The summed E-state index contributed by atoms with van der Waals surface area (Å²) in [5.41, 5.74) is 9.36. The van der Waals surface area contributed by atoms with E-state index in [0.29, 0.717) is 41.1 Å². The van der Waals surface area contributed by atoms with E-state index >= 15 is 0 Å². The maximum absolute atomic E-state index is 13.9. The van der Waals surface area contributed by atoms with Crippen molar-refractivity contribution < 1.29 is 13.9 Å². The highest BCUT2D eigenvalue weighted by atomic mass is 19.1. The molecule has 34 heavy (non-hydrogen) atoms. The molecule has 2 aliphatic rings. The Morgan fingerprint density at radius 3 is 2.47 bits per heavy atom. The number of hydrogen-bond donors (Lipinski definition) is 1. The van der Waals surface area contributed by atoms with Crippen LogP contribution in [0, 0.1) is 22.6 Å². The van der Waals surface area contributed by atoms with Crippen molar-refractivity contribution >= 4 is 5.78 Å². The van der Waals surface area contributed by atoms with Crippen molar-refractivity contribution in [2.45, 2.75) is 39.2 Å². The molecule has 0 spiro atoms. The van der Waals surface area contributed by atoms with E-state index in [1.54, 1.807) is 35.3 Å². The second kappa shape index (κ2) is 8.96. The number of carbonyl (C=O) groups excluding carboxylic acids is 1. The van der Waals surface area contributed by atoms with Gasteiger partial charge >= 0.3 is 0 Å². The van der Waals surface area contributed by atoms with Crippen molar-refractivity contribution in [3.63, 3.8) is 0 Å². The van der Waals surface area contributed by atoms with Gasteiger partial charge in [-0.05, 0) is 35.6 Å². The number of allylic oxidation sites excluding steroid dienone is 3. The van der Waals surface area contributed by atoms with Crippen LogP contribution < -0.4 is 10.5 Å². The first kappa shape index (κ1) is 23.5. The monoisotopic (exact) mass is 460 g/mol. The number of benzene rings is 2. The number of nitrogens with two attached hydrogens (primary N) is 1. The first-order valence-electron chi connectivity index (χ1n) is 11.2. The zero-order valence-electron chi connectivity index (χ0n) is 19.9. The molecular weight excluding hydrogens is 431 g/mol. The smallest absolute Gasteiger partial charge is 0.162 e. The second-order valence-corrected chi connectivity index (χ2v) is 9.75. The number of rotatable bonds is 5. The lowest BCUT2D eigenvalue weighted by molar-refractivity contribution is -0.119. The Morgan fingerprint density at radius 2 is 1.85 bits per heavy atom. The number of nitrogens with zero attached hydrogens (tertiary/aromatic N) is 3. The van der Waals surface area contributed by atoms with Crippen LogP contribution >= 0.6 is 0 Å². The van der Waals surface area contributed by atoms with Gasteiger partial charge in [0.1, 0.15) is 24.0 Å². The summed E-state index contributed by atoms with van der Waals surface area (Å²) < 4.78 is 19.6. The standard InChI is InChI=1S/C27H29FN4O2/c1-27(2)13-22-25(23(33)14-27)24(20(15-29)26(30)32(22)31(3)4)17-9-11-19(12-10-17)34-16-18-7-5-6-8-21(18)28/h5-12,24H,13-14,16,30H2,1-4H3. The van der Waals surface area contributed by atoms with Crippen molar-refractivity contribution in [3.05, 3.63) is 88.1 Å². The second-order valence-electron chi connectivity index (χ2n) is 9.75. The van der Waals surface area contributed by atoms with Gasteiger partial charge in [0.15, 0.2) is 5.78 Å². The molecule has 1 unspecified atom stereocenters.